The fourth-order valence-electron chi connectivity index (χ4n) is 6.72. The molecule has 2 atom stereocenters. The van der Waals surface area contributed by atoms with Crippen molar-refractivity contribution in [1.29, 1.82) is 0 Å². The van der Waals surface area contributed by atoms with Crippen LogP contribution in [0.4, 0.5) is 8.78 Å². The van der Waals surface area contributed by atoms with Crippen LogP contribution in [-0.4, -0.2) is 42.4 Å². The van der Waals surface area contributed by atoms with Crippen LogP contribution in [0.25, 0.3) is 10.8 Å². The van der Waals surface area contributed by atoms with Crippen LogP contribution in [0.3, 0.4) is 0 Å². The summed E-state index contributed by atoms with van der Waals surface area (Å²) in [7, 11) is -5.93. The Hall–Kier alpha value is -2.59. The van der Waals surface area contributed by atoms with Crippen molar-refractivity contribution >= 4 is 32.8 Å². The zero-order valence-electron chi connectivity index (χ0n) is 18.2. The third-order valence-electron chi connectivity index (χ3n) is 7.52. The molecule has 2 aromatic rings. The molecule has 34 heavy (non-hydrogen) atoms. The number of ether oxygens (including phenoxy) is 2. The molecule has 2 aromatic carbocycles. The van der Waals surface area contributed by atoms with Gasteiger partial charge in [-0.05, 0) is 67.2 Å². The van der Waals surface area contributed by atoms with Crippen molar-refractivity contribution in [2.45, 2.75) is 49.4 Å². The molecule has 182 valence electrons. The number of alkyl halides is 2. The van der Waals surface area contributed by atoms with E-state index >= 15 is 0 Å². The number of benzene rings is 2. The van der Waals surface area contributed by atoms with E-state index in [2.05, 4.69) is 0 Å². The van der Waals surface area contributed by atoms with Gasteiger partial charge in [0.1, 0.15) is 5.60 Å². The van der Waals surface area contributed by atoms with Crippen LogP contribution in [0.1, 0.15) is 48.9 Å². The van der Waals surface area contributed by atoms with Gasteiger partial charge in [0.25, 0.3) is 0 Å². The maximum Gasteiger partial charge on any atom is 0.465 e. The smallest absolute Gasteiger partial charge is 0.460 e. The first-order valence-corrected chi connectivity index (χ1v) is 12.6. The Morgan fingerprint density at radius 2 is 1.68 bits per heavy atom. The first-order chi connectivity index (χ1) is 15.9. The monoisotopic (exact) mass is 494 g/mol. The summed E-state index contributed by atoms with van der Waals surface area (Å²) in [4.78, 5) is 25.0. The Kier molecular flexibility index (Phi) is 5.25. The number of halogens is 2. The molecule has 0 spiro atoms. The Bertz CT molecular complexity index is 1250. The quantitative estimate of drug-likeness (QED) is 0.470. The molecular weight excluding hydrogens is 470 g/mol. The molecule has 0 radical (unpaired) electrons. The lowest BCUT2D eigenvalue weighted by molar-refractivity contribution is -0.194. The number of esters is 2. The van der Waals surface area contributed by atoms with Gasteiger partial charge in [-0.15, -0.1) is 0 Å². The van der Waals surface area contributed by atoms with E-state index in [1.165, 1.54) is 0 Å². The topological polar surface area (TPSA) is 107 Å². The molecule has 6 rings (SSSR count). The van der Waals surface area contributed by atoms with Gasteiger partial charge in [0.15, 0.2) is 0 Å². The van der Waals surface area contributed by atoms with Crippen molar-refractivity contribution in [3.8, 4) is 0 Å². The van der Waals surface area contributed by atoms with Crippen LogP contribution in [0.5, 0.6) is 0 Å². The average molecular weight is 495 g/mol. The number of carbonyl (C=O) groups excluding carboxylic acids is 2. The van der Waals surface area contributed by atoms with Gasteiger partial charge in [0.05, 0.1) is 12.2 Å². The molecule has 4 aliphatic rings. The SMILES string of the molecule is O=C(OC12CC3CC(CC(COC(=O)C(F)(F)S(=O)(=O)O)(C3)C1)C2)c1cccc2ccccc12. The van der Waals surface area contributed by atoms with E-state index < -0.39 is 44.9 Å². The van der Waals surface area contributed by atoms with Gasteiger partial charge in [-0.3, -0.25) is 4.55 Å². The predicted molar refractivity (Wildman–Crippen MR) is 117 cm³/mol. The van der Waals surface area contributed by atoms with Gasteiger partial charge in [-0.25, -0.2) is 9.59 Å². The number of hydrogen-bond donors (Lipinski definition) is 1. The fraction of sp³-hybridized carbons (Fsp3) is 0.500. The Morgan fingerprint density at radius 3 is 2.35 bits per heavy atom. The molecular formula is C24H24F2O7S. The predicted octanol–water partition coefficient (Wildman–Crippen LogP) is 4.36. The van der Waals surface area contributed by atoms with Crippen LogP contribution >= 0.6 is 0 Å². The van der Waals surface area contributed by atoms with Crippen molar-refractivity contribution in [3.63, 3.8) is 0 Å². The molecule has 1 N–H and O–H groups in total. The molecule has 4 fully saturated rings. The molecule has 7 nitrogen and oxygen atoms in total. The van der Waals surface area contributed by atoms with E-state index in [0.717, 1.165) is 17.2 Å². The molecule has 0 saturated heterocycles. The zero-order valence-corrected chi connectivity index (χ0v) is 19.0. The second-order valence-corrected chi connectivity index (χ2v) is 11.6. The van der Waals surface area contributed by atoms with Crippen molar-refractivity contribution in [1.82, 2.24) is 0 Å². The van der Waals surface area contributed by atoms with E-state index in [9.17, 15) is 26.8 Å². The van der Waals surface area contributed by atoms with Crippen molar-refractivity contribution in [2.75, 3.05) is 6.61 Å². The molecule has 4 bridgehead atoms. The summed E-state index contributed by atoms with van der Waals surface area (Å²) < 4.78 is 68.6. The van der Waals surface area contributed by atoms with Crippen LogP contribution in [0, 0.1) is 17.3 Å². The molecule has 0 aliphatic heterocycles. The second kappa shape index (κ2) is 7.71. The standard InChI is InChI=1S/C24H24F2O7S/c25-24(26,34(29,30)31)21(28)32-14-22-9-15-8-16(10-22)12-23(11-15,13-22)33-20(27)19-7-3-5-17-4-1-2-6-18(17)19/h1-7,15-16H,8-14H2,(H,29,30,31). The molecule has 4 aliphatic carbocycles. The lowest BCUT2D eigenvalue weighted by Gasteiger charge is -2.60. The van der Waals surface area contributed by atoms with Crippen LogP contribution in [0.15, 0.2) is 42.5 Å². The van der Waals surface area contributed by atoms with Crippen molar-refractivity contribution < 1.29 is 40.8 Å². The molecule has 4 saturated carbocycles. The highest BCUT2D eigenvalue weighted by Crippen LogP contribution is 2.63. The lowest BCUT2D eigenvalue weighted by atomic mass is 9.48. The largest absolute Gasteiger partial charge is 0.465 e. The van der Waals surface area contributed by atoms with Gasteiger partial charge in [0.2, 0.25) is 0 Å². The lowest BCUT2D eigenvalue weighted by Crippen LogP contribution is -2.59. The van der Waals surface area contributed by atoms with Gasteiger partial charge in [-0.2, -0.15) is 17.2 Å². The van der Waals surface area contributed by atoms with E-state index in [-0.39, 0.29) is 11.8 Å². The minimum atomic E-state index is -5.93. The third-order valence-corrected chi connectivity index (χ3v) is 8.33. The molecule has 10 heteroatoms. The maximum absolute atomic E-state index is 13.7. The highest BCUT2D eigenvalue weighted by Gasteiger charge is 2.61. The number of rotatable bonds is 6. The molecule has 2 unspecified atom stereocenters. The Balaban J connectivity index is 1.36. The number of carbonyl (C=O) groups is 2. The van der Waals surface area contributed by atoms with Crippen LogP contribution < -0.4 is 0 Å². The first kappa shape index (κ1) is 23.2. The van der Waals surface area contributed by atoms with Crippen LogP contribution in [-0.2, 0) is 24.4 Å². The van der Waals surface area contributed by atoms with Crippen molar-refractivity contribution in [3.05, 3.63) is 48.0 Å². The van der Waals surface area contributed by atoms with E-state index in [1.807, 2.05) is 30.3 Å². The normalized spacial score (nSPS) is 30.3. The molecule has 0 aromatic heterocycles. The Labute approximate surface area is 195 Å². The summed E-state index contributed by atoms with van der Waals surface area (Å²) in [6.45, 7) is -0.419. The zero-order chi connectivity index (χ0) is 24.4. The fourth-order valence-corrected chi connectivity index (χ4v) is 6.99. The maximum atomic E-state index is 13.7. The van der Waals surface area contributed by atoms with E-state index in [1.54, 1.807) is 12.1 Å². The Morgan fingerprint density at radius 1 is 1.03 bits per heavy atom. The van der Waals surface area contributed by atoms with Gasteiger partial charge in [0, 0.05) is 5.41 Å². The summed E-state index contributed by atoms with van der Waals surface area (Å²) in [6.07, 6.45) is 3.79. The summed E-state index contributed by atoms with van der Waals surface area (Å²) in [5.74, 6) is -2.39. The van der Waals surface area contributed by atoms with Gasteiger partial charge in [-0.1, -0.05) is 36.4 Å². The van der Waals surface area contributed by atoms with Crippen molar-refractivity contribution in [2.24, 2.45) is 17.3 Å². The molecule has 0 heterocycles. The first-order valence-electron chi connectivity index (χ1n) is 11.2. The van der Waals surface area contributed by atoms with E-state index in [0.29, 0.717) is 37.7 Å². The van der Waals surface area contributed by atoms with Gasteiger partial charge >= 0.3 is 27.3 Å². The van der Waals surface area contributed by atoms with Crippen LogP contribution in [0.2, 0.25) is 0 Å². The summed E-state index contributed by atoms with van der Waals surface area (Å²) >= 11 is 0. The highest BCUT2D eigenvalue weighted by molar-refractivity contribution is 7.87. The van der Waals surface area contributed by atoms with E-state index in [4.69, 9.17) is 14.0 Å². The minimum absolute atomic E-state index is 0.183. The highest BCUT2D eigenvalue weighted by atomic mass is 32.2. The second-order valence-electron chi connectivity index (χ2n) is 10.1. The minimum Gasteiger partial charge on any atom is -0.460 e. The van der Waals surface area contributed by atoms with Gasteiger partial charge < -0.3 is 9.47 Å². The summed E-state index contributed by atoms with van der Waals surface area (Å²) in [5.41, 5.74) is -1.04. The third kappa shape index (κ3) is 3.86. The summed E-state index contributed by atoms with van der Waals surface area (Å²) in [6, 6.07) is 12.9. The average Bonchev–Trinajstić information content (AvgIpc) is 2.75. The number of fused-ring (bicyclic) bond motifs is 1. The molecule has 0 amide bonds. The summed E-state index contributed by atoms with van der Waals surface area (Å²) in [5, 5.41) is -3.35. The number of hydrogen-bond acceptors (Lipinski definition) is 6.